The highest BCUT2D eigenvalue weighted by Crippen LogP contribution is 2.29. The van der Waals surface area contributed by atoms with Gasteiger partial charge in [0.1, 0.15) is 17.3 Å². The molecule has 0 aliphatic rings. The number of nitrogens with one attached hydrogen (secondary N) is 1. The summed E-state index contributed by atoms with van der Waals surface area (Å²) in [5.41, 5.74) is 1.23. The first-order chi connectivity index (χ1) is 11.0. The minimum absolute atomic E-state index is 0.231. The summed E-state index contributed by atoms with van der Waals surface area (Å²) in [7, 11) is 4.73. The van der Waals surface area contributed by atoms with Crippen molar-refractivity contribution in [3.05, 3.63) is 35.4 Å². The molecule has 0 saturated carbocycles. The third-order valence-corrected chi connectivity index (χ3v) is 3.40. The number of likely N-dealkylation sites (N-methyl/N-ethyl adjacent to an activating group) is 1. The van der Waals surface area contributed by atoms with Gasteiger partial charge in [0.25, 0.3) is 5.91 Å². The highest BCUT2D eigenvalue weighted by atomic mass is 16.5. The van der Waals surface area contributed by atoms with Crippen LogP contribution in [-0.4, -0.2) is 41.9 Å². The number of aromatic nitrogens is 3. The Labute approximate surface area is 134 Å². The standard InChI is InChI=1S/C16H20N4O3/c1-10-18-19-11(2)20(10)13(16(21)17-3)8-12-6-7-14(22-4)15(9-12)23-5/h6-9H,1-5H3,(H,17,21)/b13-8-. The summed E-state index contributed by atoms with van der Waals surface area (Å²) in [6, 6.07) is 5.44. The molecule has 1 heterocycles. The lowest BCUT2D eigenvalue weighted by Gasteiger charge is -2.12. The second kappa shape index (κ2) is 6.95. The molecule has 7 heteroatoms. The zero-order valence-corrected chi connectivity index (χ0v) is 13.9. The first-order valence-electron chi connectivity index (χ1n) is 7.06. The molecule has 1 aromatic heterocycles. The van der Waals surface area contributed by atoms with Crippen molar-refractivity contribution in [1.82, 2.24) is 20.1 Å². The Morgan fingerprint density at radius 3 is 2.26 bits per heavy atom. The van der Waals surface area contributed by atoms with Crippen LogP contribution in [0.2, 0.25) is 0 Å². The Morgan fingerprint density at radius 1 is 1.13 bits per heavy atom. The van der Waals surface area contributed by atoms with E-state index in [-0.39, 0.29) is 5.91 Å². The number of hydrogen-bond acceptors (Lipinski definition) is 5. The fraction of sp³-hybridized carbons (Fsp3) is 0.312. The van der Waals surface area contributed by atoms with Gasteiger partial charge < -0.3 is 14.8 Å². The Kier molecular flexibility index (Phi) is 5.00. The van der Waals surface area contributed by atoms with Gasteiger partial charge in [-0.15, -0.1) is 10.2 Å². The Hall–Kier alpha value is -2.83. The first-order valence-corrected chi connectivity index (χ1v) is 7.06. The van der Waals surface area contributed by atoms with Crippen LogP contribution in [0, 0.1) is 13.8 Å². The molecule has 122 valence electrons. The van der Waals surface area contributed by atoms with Crippen molar-refractivity contribution in [1.29, 1.82) is 0 Å². The van der Waals surface area contributed by atoms with Gasteiger partial charge in [0.05, 0.1) is 14.2 Å². The molecule has 7 nitrogen and oxygen atoms in total. The normalized spacial score (nSPS) is 11.3. The summed E-state index contributed by atoms with van der Waals surface area (Å²) in [6.07, 6.45) is 1.75. The maximum atomic E-state index is 12.3. The zero-order valence-electron chi connectivity index (χ0n) is 13.9. The van der Waals surface area contributed by atoms with E-state index in [1.165, 1.54) is 0 Å². The van der Waals surface area contributed by atoms with Crippen LogP contribution in [-0.2, 0) is 4.79 Å². The quantitative estimate of drug-likeness (QED) is 0.849. The molecule has 1 N–H and O–H groups in total. The Bertz CT molecular complexity index is 730. The van der Waals surface area contributed by atoms with Crippen LogP contribution in [0.4, 0.5) is 0 Å². The number of amides is 1. The summed E-state index contributed by atoms with van der Waals surface area (Å²) in [5.74, 6) is 2.26. The van der Waals surface area contributed by atoms with Crippen molar-refractivity contribution in [2.45, 2.75) is 13.8 Å². The molecular weight excluding hydrogens is 296 g/mol. The molecule has 0 radical (unpaired) electrons. The molecule has 2 aromatic rings. The van der Waals surface area contributed by atoms with Gasteiger partial charge in [-0.1, -0.05) is 6.07 Å². The fourth-order valence-corrected chi connectivity index (χ4v) is 2.28. The largest absolute Gasteiger partial charge is 0.493 e. The second-order valence-corrected chi connectivity index (χ2v) is 4.85. The fourth-order valence-electron chi connectivity index (χ4n) is 2.28. The molecule has 2 rings (SSSR count). The maximum Gasteiger partial charge on any atom is 0.268 e. The van der Waals surface area contributed by atoms with Crippen LogP contribution in [0.25, 0.3) is 11.8 Å². The molecule has 0 spiro atoms. The van der Waals surface area contributed by atoms with Crippen molar-refractivity contribution in [3.8, 4) is 11.5 Å². The minimum Gasteiger partial charge on any atom is -0.493 e. The van der Waals surface area contributed by atoms with Crippen molar-refractivity contribution in [2.24, 2.45) is 0 Å². The average molecular weight is 316 g/mol. The van der Waals surface area contributed by atoms with Gasteiger partial charge in [-0.25, -0.2) is 0 Å². The smallest absolute Gasteiger partial charge is 0.268 e. The third kappa shape index (κ3) is 3.33. The molecule has 1 amide bonds. The molecular formula is C16H20N4O3. The number of carbonyl (C=O) groups excluding carboxylic acids is 1. The first kappa shape index (κ1) is 16.5. The zero-order chi connectivity index (χ0) is 17.0. The van der Waals surface area contributed by atoms with Crippen molar-refractivity contribution >= 4 is 17.7 Å². The molecule has 0 aliphatic heterocycles. The van der Waals surface area contributed by atoms with E-state index < -0.39 is 0 Å². The lowest BCUT2D eigenvalue weighted by atomic mass is 10.1. The van der Waals surface area contributed by atoms with Crippen LogP contribution in [0.1, 0.15) is 17.2 Å². The topological polar surface area (TPSA) is 78.3 Å². The summed E-state index contributed by atoms with van der Waals surface area (Å²) >= 11 is 0. The highest BCUT2D eigenvalue weighted by molar-refractivity contribution is 6.18. The third-order valence-electron chi connectivity index (χ3n) is 3.40. The van der Waals surface area contributed by atoms with Gasteiger partial charge in [-0.3, -0.25) is 9.36 Å². The molecule has 1 aromatic carbocycles. The van der Waals surface area contributed by atoms with E-state index in [0.29, 0.717) is 28.8 Å². The molecule has 0 unspecified atom stereocenters. The molecule has 23 heavy (non-hydrogen) atoms. The van der Waals surface area contributed by atoms with E-state index in [1.807, 2.05) is 6.07 Å². The number of aryl methyl sites for hydroxylation is 2. The van der Waals surface area contributed by atoms with E-state index in [4.69, 9.17) is 9.47 Å². The monoisotopic (exact) mass is 316 g/mol. The number of hydrogen-bond donors (Lipinski definition) is 1. The van der Waals surface area contributed by atoms with Gasteiger partial charge in [0, 0.05) is 7.05 Å². The minimum atomic E-state index is -0.231. The van der Waals surface area contributed by atoms with E-state index in [2.05, 4.69) is 15.5 Å². The average Bonchev–Trinajstić information content (AvgIpc) is 2.90. The molecule has 0 aliphatic carbocycles. The van der Waals surface area contributed by atoms with Crippen molar-refractivity contribution in [2.75, 3.05) is 21.3 Å². The van der Waals surface area contributed by atoms with Crippen molar-refractivity contribution in [3.63, 3.8) is 0 Å². The summed E-state index contributed by atoms with van der Waals surface area (Å²) in [5, 5.41) is 10.6. The predicted molar refractivity (Wildman–Crippen MR) is 87.3 cm³/mol. The van der Waals surface area contributed by atoms with Crippen LogP contribution in [0.5, 0.6) is 11.5 Å². The van der Waals surface area contributed by atoms with Gasteiger partial charge >= 0.3 is 0 Å². The maximum absolute atomic E-state index is 12.3. The number of ether oxygens (including phenoxy) is 2. The predicted octanol–water partition coefficient (Wildman–Crippen LogP) is 1.66. The lowest BCUT2D eigenvalue weighted by Crippen LogP contribution is -2.23. The number of rotatable bonds is 5. The highest BCUT2D eigenvalue weighted by Gasteiger charge is 2.16. The second-order valence-electron chi connectivity index (χ2n) is 4.85. The van der Waals surface area contributed by atoms with E-state index in [9.17, 15) is 4.79 Å². The van der Waals surface area contributed by atoms with Crippen LogP contribution in [0.3, 0.4) is 0 Å². The van der Waals surface area contributed by atoms with Gasteiger partial charge in [-0.05, 0) is 37.6 Å². The number of nitrogens with zero attached hydrogens (tertiary/aromatic N) is 3. The molecule has 0 bridgehead atoms. The molecule has 0 saturated heterocycles. The van der Waals surface area contributed by atoms with Gasteiger partial charge in [0.2, 0.25) is 0 Å². The van der Waals surface area contributed by atoms with Crippen molar-refractivity contribution < 1.29 is 14.3 Å². The molecule has 0 atom stereocenters. The van der Waals surface area contributed by atoms with E-state index >= 15 is 0 Å². The Morgan fingerprint density at radius 2 is 1.74 bits per heavy atom. The Balaban J connectivity index is 2.56. The van der Waals surface area contributed by atoms with E-state index in [1.54, 1.807) is 57.9 Å². The number of methoxy groups -OCH3 is 2. The SMILES string of the molecule is CNC(=O)/C(=C/c1ccc(OC)c(OC)c1)n1c(C)nnc1C. The van der Waals surface area contributed by atoms with Crippen LogP contribution < -0.4 is 14.8 Å². The summed E-state index contributed by atoms with van der Waals surface area (Å²) in [4.78, 5) is 12.3. The number of carbonyl (C=O) groups is 1. The van der Waals surface area contributed by atoms with Crippen LogP contribution >= 0.6 is 0 Å². The number of benzene rings is 1. The summed E-state index contributed by atoms with van der Waals surface area (Å²) < 4.78 is 12.2. The molecule has 0 fully saturated rings. The van der Waals surface area contributed by atoms with Crippen LogP contribution in [0.15, 0.2) is 18.2 Å². The van der Waals surface area contributed by atoms with E-state index in [0.717, 1.165) is 5.56 Å². The summed E-state index contributed by atoms with van der Waals surface area (Å²) in [6.45, 7) is 3.59. The lowest BCUT2D eigenvalue weighted by molar-refractivity contribution is -0.115. The van der Waals surface area contributed by atoms with Gasteiger partial charge in [-0.2, -0.15) is 0 Å². The van der Waals surface area contributed by atoms with Gasteiger partial charge in [0.15, 0.2) is 11.5 Å².